The fraction of sp³-hybridized carbons (Fsp3) is 0.405. The molecule has 2 aromatic heterocycles. The minimum absolute atomic E-state index is 0. The first-order chi connectivity index (χ1) is 40.7. The molecule has 0 aliphatic carbocycles. The molecular weight excluding hydrogens is 1290 g/mol. The van der Waals surface area contributed by atoms with Gasteiger partial charge < -0.3 is 33.5 Å². The smallest absolute Gasteiger partial charge is 0.131 e. The molecule has 0 saturated carbocycles. The zero-order chi connectivity index (χ0) is 64.2. The maximum Gasteiger partial charge on any atom is 0.131 e. The van der Waals surface area contributed by atoms with E-state index in [-0.39, 0.29) is 103 Å². The Morgan fingerprint density at radius 1 is 0.352 bits per heavy atom. The van der Waals surface area contributed by atoms with Crippen molar-refractivity contribution in [3.8, 4) is 45.1 Å². The molecule has 0 fully saturated rings. The average Bonchev–Trinajstić information content (AvgIpc) is 1.71. The topological polar surface area (TPSA) is 28.3 Å². The molecule has 7 heteroatoms. The number of halogens is 2. The molecule has 10 rings (SSSR count). The van der Waals surface area contributed by atoms with Gasteiger partial charge >= 0.3 is 0 Å². The Hall–Kier alpha value is -6.31. The largest absolute Gasteiger partial charge is 0.489 e. The van der Waals surface area contributed by atoms with Crippen molar-refractivity contribution in [1.29, 1.82) is 0 Å². The molecule has 0 aliphatic rings. The number of nitrogens with zero attached hydrogens (tertiary/aromatic N) is 2. The second kappa shape index (κ2) is 25.5. The van der Waals surface area contributed by atoms with Crippen LogP contribution in [0.1, 0.15) is 199 Å². The van der Waals surface area contributed by atoms with Gasteiger partial charge in [-0.05, 0) is 198 Å². The van der Waals surface area contributed by atoms with Gasteiger partial charge in [0.1, 0.15) is 36.3 Å². The molecule has 0 bridgehead atoms. The van der Waals surface area contributed by atoms with Crippen LogP contribution < -0.4 is 9.47 Å². The molecule has 0 unspecified atom stereocenters. The fourth-order valence-electron chi connectivity index (χ4n) is 14.0. The van der Waals surface area contributed by atoms with Crippen molar-refractivity contribution in [2.24, 2.45) is 10.8 Å². The van der Waals surface area contributed by atoms with Crippen LogP contribution in [0.2, 0.25) is 0 Å². The van der Waals surface area contributed by atoms with Gasteiger partial charge in [0, 0.05) is 75.5 Å². The standard InChI is InChI=1S/C82H98F2N2O2.2CH3.Hf/c1-75(2,3)49-81(19,20)57-38-52(40-60(41-57)85-69-31-26-53(77(7,8)9)42-64(69)65-43-54(78(10,11)12)27-32-70(65)85)62-46-59(84)30-35-73(62)87-36-37-88-74-63(51-24-23-25-58(83)39-51)47-61(48-68(74)82(21,22)50-76(4,5)6)86-71-33-28-55(79(13,14)15)44-66(71)67-45-56(80(16,17)18)29-34-72(67)86;;;/h23-35,38-48H,36-37,49-50H2,1-22H3;2*1H3;/q;2*-1;. The van der Waals surface area contributed by atoms with Crippen molar-refractivity contribution in [2.75, 3.05) is 13.2 Å². The van der Waals surface area contributed by atoms with Crippen LogP contribution in [-0.2, 0) is 58.3 Å². The van der Waals surface area contributed by atoms with Crippen LogP contribution in [0.3, 0.4) is 0 Å². The Balaban J connectivity index is 0.00000392. The van der Waals surface area contributed by atoms with Crippen LogP contribution in [0.5, 0.6) is 11.5 Å². The quantitative estimate of drug-likeness (QED) is 0.0654. The third-order valence-electron chi connectivity index (χ3n) is 17.9. The first kappa shape index (κ1) is 72.1. The Morgan fingerprint density at radius 3 is 1.18 bits per heavy atom. The maximum atomic E-state index is 16.1. The van der Waals surface area contributed by atoms with Crippen LogP contribution in [0, 0.1) is 37.3 Å². The van der Waals surface area contributed by atoms with Gasteiger partial charge in [0.05, 0.1) is 22.1 Å². The molecule has 0 amide bonds. The van der Waals surface area contributed by atoms with E-state index >= 15 is 8.78 Å². The van der Waals surface area contributed by atoms with E-state index in [0.29, 0.717) is 17.1 Å². The van der Waals surface area contributed by atoms with Crippen molar-refractivity contribution in [3.63, 3.8) is 0 Å². The molecule has 0 radical (unpaired) electrons. The first-order valence-corrected chi connectivity index (χ1v) is 32.0. The zero-order valence-corrected chi connectivity index (χ0v) is 63.2. The van der Waals surface area contributed by atoms with Gasteiger partial charge in [0.25, 0.3) is 0 Å². The molecule has 4 nitrogen and oxygen atoms in total. The number of rotatable bonds is 13. The Labute approximate surface area is 565 Å². The second-order valence-electron chi connectivity index (χ2n) is 33.3. The van der Waals surface area contributed by atoms with Gasteiger partial charge in [-0.3, -0.25) is 0 Å². The van der Waals surface area contributed by atoms with Crippen LogP contribution in [-0.4, -0.2) is 22.3 Å². The molecule has 0 saturated heterocycles. The van der Waals surface area contributed by atoms with E-state index < -0.39 is 5.41 Å². The normalized spacial score (nSPS) is 13.0. The molecular formula is C84H104F2HfN2O2-2. The van der Waals surface area contributed by atoms with Gasteiger partial charge in [-0.15, -0.1) is 0 Å². The van der Waals surface area contributed by atoms with Crippen molar-refractivity contribution in [1.82, 2.24) is 9.13 Å². The molecule has 0 N–H and O–H groups in total. The summed E-state index contributed by atoms with van der Waals surface area (Å²) in [6.45, 7) is 50.6. The van der Waals surface area contributed by atoms with E-state index in [1.165, 1.54) is 55.9 Å². The summed E-state index contributed by atoms with van der Waals surface area (Å²) in [5, 5.41) is 4.81. The number of aromatic nitrogens is 2. The summed E-state index contributed by atoms with van der Waals surface area (Å²) in [7, 11) is 0. The third kappa shape index (κ3) is 15.2. The Morgan fingerprint density at radius 2 is 0.758 bits per heavy atom. The van der Waals surface area contributed by atoms with Crippen molar-refractivity contribution in [2.45, 2.75) is 198 Å². The van der Waals surface area contributed by atoms with Crippen molar-refractivity contribution in [3.05, 3.63) is 205 Å². The van der Waals surface area contributed by atoms with E-state index in [2.05, 4.69) is 265 Å². The van der Waals surface area contributed by atoms with E-state index in [1.807, 2.05) is 6.07 Å². The van der Waals surface area contributed by atoms with E-state index in [1.54, 1.807) is 24.3 Å². The van der Waals surface area contributed by atoms with Gasteiger partial charge in [0.15, 0.2) is 0 Å². The van der Waals surface area contributed by atoms with Gasteiger partial charge in [-0.25, -0.2) is 8.78 Å². The second-order valence-corrected chi connectivity index (χ2v) is 33.3. The van der Waals surface area contributed by atoms with Crippen molar-refractivity contribution < 1.29 is 44.1 Å². The number of hydrogen-bond acceptors (Lipinski definition) is 2. The van der Waals surface area contributed by atoms with Crippen LogP contribution in [0.15, 0.2) is 146 Å². The van der Waals surface area contributed by atoms with E-state index in [4.69, 9.17) is 9.47 Å². The fourth-order valence-corrected chi connectivity index (χ4v) is 14.0. The van der Waals surface area contributed by atoms with Crippen LogP contribution in [0.4, 0.5) is 8.78 Å². The van der Waals surface area contributed by atoms with Gasteiger partial charge in [-0.1, -0.05) is 195 Å². The number of ether oxygens (including phenoxy) is 2. The van der Waals surface area contributed by atoms with E-state index in [0.717, 1.165) is 74.1 Å². The Kier molecular flexibility index (Phi) is 20.2. The zero-order valence-electron chi connectivity index (χ0n) is 59.7. The molecule has 482 valence electrons. The van der Waals surface area contributed by atoms with Crippen molar-refractivity contribution >= 4 is 43.6 Å². The number of benzene rings is 8. The summed E-state index contributed by atoms with van der Waals surface area (Å²) in [6.07, 6.45) is 1.76. The van der Waals surface area contributed by atoms with E-state index in [9.17, 15) is 0 Å². The third-order valence-corrected chi connectivity index (χ3v) is 17.9. The molecule has 0 aliphatic heterocycles. The van der Waals surface area contributed by atoms with Crippen LogP contribution in [0.25, 0.3) is 77.2 Å². The summed E-state index contributed by atoms with van der Waals surface area (Å²) in [4.78, 5) is 0. The summed E-state index contributed by atoms with van der Waals surface area (Å²) < 4.78 is 50.7. The average molecular weight is 1390 g/mol. The number of hydrogen-bond donors (Lipinski definition) is 0. The summed E-state index contributed by atoms with van der Waals surface area (Å²) in [5.74, 6) is 0.567. The molecule has 91 heavy (non-hydrogen) atoms. The monoisotopic (exact) mass is 1390 g/mol. The number of fused-ring (bicyclic) bond motifs is 6. The minimum atomic E-state index is -0.419. The summed E-state index contributed by atoms with van der Waals surface area (Å²) >= 11 is 0. The molecule has 10 aromatic rings. The summed E-state index contributed by atoms with van der Waals surface area (Å²) in [6, 6.07) is 50.8. The van der Waals surface area contributed by atoms with Crippen LogP contribution >= 0.6 is 0 Å². The maximum absolute atomic E-state index is 16.1. The Bertz CT molecular complexity index is 4160. The molecule has 0 spiro atoms. The first-order valence-electron chi connectivity index (χ1n) is 32.0. The molecule has 0 atom stereocenters. The predicted octanol–water partition coefficient (Wildman–Crippen LogP) is 24.5. The molecule has 2 heterocycles. The van der Waals surface area contributed by atoms with Gasteiger partial charge in [-0.2, -0.15) is 0 Å². The summed E-state index contributed by atoms with van der Waals surface area (Å²) in [5.41, 5.74) is 15.8. The van der Waals surface area contributed by atoms with Gasteiger partial charge in [0.2, 0.25) is 0 Å². The minimum Gasteiger partial charge on any atom is -0.489 e. The predicted molar refractivity (Wildman–Crippen MR) is 385 cm³/mol. The SMILES string of the molecule is CC(C)(C)CC(C)(C)c1cc(-c2cc(F)ccc2OCCOc2c(-c3cccc(F)c3)cc(-n3c4ccc(C(C)(C)C)cc4c4cc(C(C)(C)C)ccc43)cc2C(C)(C)CC(C)(C)C)cc(-n2c3ccc(C(C)(C)C)cc3c3cc(C(C)(C)C)ccc32)c1.[CH3-].[CH3-].[Hf]. The molecule has 8 aromatic carbocycles.